The van der Waals surface area contributed by atoms with Crippen molar-refractivity contribution in [3.05, 3.63) is 59.3 Å². The molecule has 0 atom stereocenters. The summed E-state index contributed by atoms with van der Waals surface area (Å²) in [6, 6.07) is 10.2. The number of nitrogens with zero attached hydrogens (tertiary/aromatic N) is 1. The molecule has 138 valence electrons. The highest BCUT2D eigenvalue weighted by Gasteiger charge is 2.35. The van der Waals surface area contributed by atoms with Crippen LogP contribution in [0.3, 0.4) is 0 Å². The predicted octanol–water partition coefficient (Wildman–Crippen LogP) is 1.94. The molecule has 27 heavy (non-hydrogen) atoms. The van der Waals surface area contributed by atoms with E-state index in [9.17, 15) is 24.6 Å². The first-order valence-electron chi connectivity index (χ1n) is 8.06. The lowest BCUT2D eigenvalue weighted by Crippen LogP contribution is -2.38. The molecule has 1 fully saturated rings. The van der Waals surface area contributed by atoms with E-state index in [2.05, 4.69) is 10.6 Å². The number of urea groups is 1. The fourth-order valence-corrected chi connectivity index (χ4v) is 2.51. The van der Waals surface area contributed by atoms with Gasteiger partial charge in [-0.2, -0.15) is 0 Å². The molecule has 2 aromatic rings. The zero-order chi connectivity index (χ0) is 19.6. The Kier molecular flexibility index (Phi) is 4.80. The van der Waals surface area contributed by atoms with Crippen LogP contribution in [0.5, 0.6) is 11.5 Å². The summed E-state index contributed by atoms with van der Waals surface area (Å²) >= 11 is 0. The minimum absolute atomic E-state index is 0.0795. The second-order valence-electron chi connectivity index (χ2n) is 6.04. The molecule has 1 aliphatic heterocycles. The van der Waals surface area contributed by atoms with Gasteiger partial charge >= 0.3 is 6.03 Å². The number of carbonyl (C=O) groups excluding carboxylic acids is 3. The smallest absolute Gasteiger partial charge is 0.329 e. The van der Waals surface area contributed by atoms with Crippen molar-refractivity contribution in [2.24, 2.45) is 0 Å². The molecule has 1 heterocycles. The normalized spacial score (nSPS) is 15.1. The quantitative estimate of drug-likeness (QED) is 0.486. The van der Waals surface area contributed by atoms with Gasteiger partial charge in [0.2, 0.25) is 5.91 Å². The van der Waals surface area contributed by atoms with Crippen LogP contribution in [0.25, 0.3) is 6.08 Å². The lowest BCUT2D eigenvalue weighted by molar-refractivity contribution is -0.127. The maximum absolute atomic E-state index is 12.4. The van der Waals surface area contributed by atoms with Gasteiger partial charge in [0.05, 0.1) is 0 Å². The molecule has 0 unspecified atom stereocenters. The second kappa shape index (κ2) is 7.20. The zero-order valence-corrected chi connectivity index (χ0v) is 14.4. The van der Waals surface area contributed by atoms with Gasteiger partial charge in [0, 0.05) is 17.3 Å². The lowest BCUT2D eigenvalue weighted by atomic mass is 10.1. The molecule has 0 bridgehead atoms. The first-order chi connectivity index (χ1) is 12.8. The van der Waals surface area contributed by atoms with Gasteiger partial charge in [-0.3, -0.25) is 9.59 Å². The molecule has 0 spiro atoms. The van der Waals surface area contributed by atoms with Crippen LogP contribution in [0.2, 0.25) is 0 Å². The van der Waals surface area contributed by atoms with Gasteiger partial charge < -0.3 is 20.8 Å². The number of imide groups is 1. The fraction of sp³-hybridized carbons (Fsp3) is 0.105. The third-order valence-electron chi connectivity index (χ3n) is 3.91. The number of amides is 4. The molecule has 2 aromatic carbocycles. The third kappa shape index (κ3) is 4.06. The predicted molar refractivity (Wildman–Crippen MR) is 97.8 cm³/mol. The summed E-state index contributed by atoms with van der Waals surface area (Å²) < 4.78 is 0. The number of anilines is 1. The van der Waals surface area contributed by atoms with Crippen molar-refractivity contribution in [1.29, 1.82) is 0 Å². The van der Waals surface area contributed by atoms with Crippen LogP contribution in [0.1, 0.15) is 11.1 Å². The van der Waals surface area contributed by atoms with Crippen molar-refractivity contribution >= 4 is 29.6 Å². The van der Waals surface area contributed by atoms with Gasteiger partial charge in [0.15, 0.2) is 0 Å². The Balaban J connectivity index is 1.71. The monoisotopic (exact) mass is 367 g/mol. The number of rotatable bonds is 4. The molecular weight excluding hydrogens is 350 g/mol. The summed E-state index contributed by atoms with van der Waals surface area (Å²) in [7, 11) is 0. The lowest BCUT2D eigenvalue weighted by Gasteiger charge is -2.12. The summed E-state index contributed by atoms with van der Waals surface area (Å²) in [5, 5.41) is 24.1. The Morgan fingerprint density at radius 1 is 1.15 bits per heavy atom. The topological polar surface area (TPSA) is 119 Å². The van der Waals surface area contributed by atoms with Crippen molar-refractivity contribution < 1.29 is 24.6 Å². The van der Waals surface area contributed by atoms with Crippen LogP contribution < -0.4 is 10.6 Å². The van der Waals surface area contributed by atoms with Crippen molar-refractivity contribution in [1.82, 2.24) is 10.2 Å². The largest absolute Gasteiger partial charge is 0.508 e. The number of aromatic hydroxyl groups is 2. The maximum Gasteiger partial charge on any atom is 0.329 e. The minimum Gasteiger partial charge on any atom is -0.508 e. The van der Waals surface area contributed by atoms with E-state index in [4.69, 9.17) is 0 Å². The molecule has 8 heteroatoms. The van der Waals surface area contributed by atoms with Crippen molar-refractivity contribution in [3.63, 3.8) is 0 Å². The van der Waals surface area contributed by atoms with E-state index in [0.717, 1.165) is 16.5 Å². The molecular formula is C19H17N3O5. The van der Waals surface area contributed by atoms with Gasteiger partial charge in [0.1, 0.15) is 23.7 Å². The van der Waals surface area contributed by atoms with E-state index in [1.165, 1.54) is 18.2 Å². The minimum atomic E-state index is -0.733. The van der Waals surface area contributed by atoms with Gasteiger partial charge in [-0.25, -0.2) is 9.69 Å². The summed E-state index contributed by atoms with van der Waals surface area (Å²) in [6.07, 6.45) is 1.27. The van der Waals surface area contributed by atoms with E-state index >= 15 is 0 Å². The molecule has 4 N–H and O–H groups in total. The van der Waals surface area contributed by atoms with E-state index in [1.807, 2.05) is 19.1 Å². The van der Waals surface area contributed by atoms with E-state index in [0.29, 0.717) is 5.69 Å². The van der Waals surface area contributed by atoms with Crippen molar-refractivity contribution in [2.75, 3.05) is 11.9 Å². The summed E-state index contributed by atoms with van der Waals surface area (Å²) in [6.45, 7) is 1.47. The zero-order valence-electron chi connectivity index (χ0n) is 14.4. The van der Waals surface area contributed by atoms with E-state index in [1.54, 1.807) is 12.1 Å². The number of phenolic OH excluding ortho intramolecular Hbond substituents is 2. The fourth-order valence-electron chi connectivity index (χ4n) is 2.51. The van der Waals surface area contributed by atoms with Crippen LogP contribution in [-0.2, 0) is 9.59 Å². The Morgan fingerprint density at radius 2 is 1.85 bits per heavy atom. The summed E-state index contributed by atoms with van der Waals surface area (Å²) in [5.41, 5.74) is 1.75. The second-order valence-corrected chi connectivity index (χ2v) is 6.04. The van der Waals surface area contributed by atoms with Gasteiger partial charge in [-0.05, 0) is 37.3 Å². The molecule has 1 saturated heterocycles. The molecule has 0 aromatic heterocycles. The van der Waals surface area contributed by atoms with Crippen molar-refractivity contribution in [3.8, 4) is 11.5 Å². The molecule has 4 amide bonds. The number of hydrogen-bond acceptors (Lipinski definition) is 5. The molecule has 0 radical (unpaired) electrons. The number of carbonyl (C=O) groups is 3. The Labute approximate surface area is 154 Å². The van der Waals surface area contributed by atoms with Gasteiger partial charge in [0.25, 0.3) is 5.91 Å². The van der Waals surface area contributed by atoms with Gasteiger partial charge in [-0.1, -0.05) is 17.7 Å². The standard InChI is InChI=1S/C19H17N3O5/c1-11-2-5-13(6-3-11)20-17(25)10-22-18(26)15(21-19(22)27)8-12-4-7-14(23)9-16(12)24/h2-9,23-24H,10H2,1H3,(H,20,25)(H,21,27)/b15-8-. The Morgan fingerprint density at radius 3 is 2.52 bits per heavy atom. The SMILES string of the molecule is Cc1ccc(NC(=O)CN2C(=O)N/C(=C\c3ccc(O)cc3O)C2=O)cc1. The van der Waals surface area contributed by atoms with Crippen LogP contribution in [-0.4, -0.2) is 39.5 Å². The number of nitrogens with one attached hydrogen (secondary N) is 2. The Hall–Kier alpha value is -3.81. The number of aryl methyl sites for hydroxylation is 1. The molecule has 0 aliphatic carbocycles. The molecule has 1 aliphatic rings. The van der Waals surface area contributed by atoms with Crippen molar-refractivity contribution in [2.45, 2.75) is 6.92 Å². The highest BCUT2D eigenvalue weighted by atomic mass is 16.3. The van der Waals surface area contributed by atoms with Crippen LogP contribution >= 0.6 is 0 Å². The average Bonchev–Trinajstić information content (AvgIpc) is 2.87. The molecule has 8 nitrogen and oxygen atoms in total. The third-order valence-corrected chi connectivity index (χ3v) is 3.91. The number of phenols is 2. The highest BCUT2D eigenvalue weighted by Crippen LogP contribution is 2.25. The highest BCUT2D eigenvalue weighted by molar-refractivity contribution is 6.16. The average molecular weight is 367 g/mol. The van der Waals surface area contributed by atoms with Crippen LogP contribution in [0, 0.1) is 6.92 Å². The summed E-state index contributed by atoms with van der Waals surface area (Å²) in [5.74, 6) is -1.59. The van der Waals surface area contributed by atoms with Gasteiger partial charge in [-0.15, -0.1) is 0 Å². The number of hydrogen-bond donors (Lipinski definition) is 4. The maximum atomic E-state index is 12.4. The van der Waals surface area contributed by atoms with E-state index in [-0.39, 0.29) is 22.8 Å². The molecule has 3 rings (SSSR count). The summed E-state index contributed by atoms with van der Waals surface area (Å²) in [4.78, 5) is 37.3. The number of benzene rings is 2. The van der Waals surface area contributed by atoms with E-state index < -0.39 is 24.4 Å². The van der Waals surface area contributed by atoms with Crippen LogP contribution in [0.15, 0.2) is 48.2 Å². The first kappa shape index (κ1) is 18.0. The molecule has 0 saturated carbocycles. The first-order valence-corrected chi connectivity index (χ1v) is 8.06. The Bertz CT molecular complexity index is 950. The van der Waals surface area contributed by atoms with Crippen LogP contribution in [0.4, 0.5) is 10.5 Å².